The smallest absolute Gasteiger partial charge is 0.382 e. The van der Waals surface area contributed by atoms with Gasteiger partial charge in [0.05, 0.1) is 43.6 Å². The number of hydrogen-bond acceptors (Lipinski definition) is 14. The van der Waals surface area contributed by atoms with Crippen LogP contribution in [0.4, 0.5) is 5.82 Å². The van der Waals surface area contributed by atoms with Crippen molar-refractivity contribution in [2.75, 3.05) is 18.9 Å². The monoisotopic (exact) mass is 629 g/mol. The van der Waals surface area contributed by atoms with Gasteiger partial charge in [-0.15, -0.1) is 0 Å². The third-order valence-corrected chi connectivity index (χ3v) is 8.20. The van der Waals surface area contributed by atoms with Gasteiger partial charge in [-0.2, -0.15) is 5.10 Å². The molecule has 2 aliphatic heterocycles. The van der Waals surface area contributed by atoms with Crippen molar-refractivity contribution in [3.8, 4) is 0 Å². The molecule has 0 saturated carbocycles. The van der Waals surface area contributed by atoms with Crippen LogP contribution in [0.3, 0.4) is 0 Å². The number of nitrogens with one attached hydrogen (secondary N) is 1. The number of hydrogen-bond donors (Lipinski definition) is 5. The highest BCUT2D eigenvalue weighted by Crippen LogP contribution is 2.51. The lowest BCUT2D eigenvalue weighted by Gasteiger charge is -2.22. The number of nitrogens with zero attached hydrogens (tertiary/aromatic N) is 7. The second-order valence-electron chi connectivity index (χ2n) is 9.52. The van der Waals surface area contributed by atoms with Gasteiger partial charge >= 0.3 is 15.6 Å². The van der Waals surface area contributed by atoms with Crippen molar-refractivity contribution >= 4 is 38.3 Å². The Morgan fingerprint density at radius 1 is 1.05 bits per heavy atom. The number of rotatable bonds is 10. The molecular formula is C20H25N9O11P2. The van der Waals surface area contributed by atoms with Crippen LogP contribution in [-0.2, 0) is 32.2 Å². The second kappa shape index (κ2) is 11.2. The number of aromatic nitrogens is 8. The average molecular weight is 629 g/mol. The van der Waals surface area contributed by atoms with Gasteiger partial charge in [0.2, 0.25) is 5.65 Å². The van der Waals surface area contributed by atoms with Crippen molar-refractivity contribution in [1.82, 2.24) is 39.1 Å². The molecule has 0 aromatic carbocycles. The van der Waals surface area contributed by atoms with E-state index < -0.39 is 58.5 Å². The maximum absolute atomic E-state index is 13.0. The SMILES string of the molecule is Nc1ncnc2c1ncn2[C@H]1CC[C@@H](COP(=O)(O)OC2C[C@@H](COP(=O)(O)O)O[C@H]2c2cnc3c(=O)[nH]cnn23)O1. The molecule has 6 atom stereocenters. The van der Waals surface area contributed by atoms with Crippen molar-refractivity contribution < 1.29 is 46.9 Å². The van der Waals surface area contributed by atoms with E-state index in [1.165, 1.54) is 23.4 Å². The summed E-state index contributed by atoms with van der Waals surface area (Å²) in [6, 6.07) is 0. The molecule has 0 bridgehead atoms. The molecular weight excluding hydrogens is 604 g/mol. The number of imidazole rings is 2. The second-order valence-corrected chi connectivity index (χ2v) is 12.2. The number of anilines is 1. The Morgan fingerprint density at radius 2 is 1.86 bits per heavy atom. The minimum Gasteiger partial charge on any atom is -0.382 e. The quantitative estimate of drug-likeness (QED) is 0.144. The number of fused-ring (bicyclic) bond motifs is 2. The predicted molar refractivity (Wildman–Crippen MR) is 137 cm³/mol. The highest BCUT2D eigenvalue weighted by Gasteiger charge is 2.44. The Hall–Kier alpha value is -3.16. The molecule has 2 fully saturated rings. The van der Waals surface area contributed by atoms with Gasteiger partial charge in [-0.05, 0) is 12.8 Å². The molecule has 42 heavy (non-hydrogen) atoms. The van der Waals surface area contributed by atoms with Gasteiger partial charge in [0, 0.05) is 6.42 Å². The maximum Gasteiger partial charge on any atom is 0.472 e. The van der Waals surface area contributed by atoms with Crippen LogP contribution in [0.5, 0.6) is 0 Å². The van der Waals surface area contributed by atoms with Gasteiger partial charge in [-0.25, -0.2) is 33.6 Å². The third kappa shape index (κ3) is 6.00. The molecule has 2 unspecified atom stereocenters. The zero-order valence-corrected chi connectivity index (χ0v) is 23.2. The first-order valence-electron chi connectivity index (χ1n) is 12.5. The van der Waals surface area contributed by atoms with Crippen molar-refractivity contribution in [3.05, 3.63) is 41.2 Å². The van der Waals surface area contributed by atoms with Crippen LogP contribution >= 0.6 is 15.6 Å². The van der Waals surface area contributed by atoms with Gasteiger partial charge < -0.3 is 34.9 Å². The van der Waals surface area contributed by atoms with Crippen LogP contribution in [0.25, 0.3) is 16.8 Å². The maximum atomic E-state index is 13.0. The molecule has 4 aromatic rings. The van der Waals surface area contributed by atoms with E-state index in [1.54, 1.807) is 4.57 Å². The highest BCUT2D eigenvalue weighted by atomic mass is 31.2. The number of H-pyrrole nitrogens is 1. The van der Waals surface area contributed by atoms with Crippen molar-refractivity contribution in [3.63, 3.8) is 0 Å². The molecule has 226 valence electrons. The predicted octanol–water partition coefficient (Wildman–Crippen LogP) is -0.0412. The zero-order chi connectivity index (χ0) is 29.6. The molecule has 0 amide bonds. The lowest BCUT2D eigenvalue weighted by atomic mass is 10.1. The zero-order valence-electron chi connectivity index (χ0n) is 21.4. The van der Waals surface area contributed by atoms with Crippen LogP contribution < -0.4 is 11.3 Å². The van der Waals surface area contributed by atoms with Crippen molar-refractivity contribution in [1.29, 1.82) is 0 Å². The minimum atomic E-state index is -4.82. The Morgan fingerprint density at radius 3 is 2.67 bits per heavy atom. The van der Waals surface area contributed by atoms with E-state index in [9.17, 15) is 18.8 Å². The van der Waals surface area contributed by atoms with Gasteiger partial charge in [-0.1, -0.05) is 0 Å². The summed E-state index contributed by atoms with van der Waals surface area (Å²) in [5, 5.41) is 4.03. The van der Waals surface area contributed by atoms with Crippen LogP contribution in [0.2, 0.25) is 0 Å². The van der Waals surface area contributed by atoms with E-state index in [0.717, 1.165) is 6.33 Å². The Bertz CT molecular complexity index is 1760. The Kier molecular flexibility index (Phi) is 7.69. The number of ether oxygens (including phenoxy) is 2. The summed E-state index contributed by atoms with van der Waals surface area (Å²) in [7, 11) is -9.56. The Labute approximate surface area is 234 Å². The molecule has 2 aliphatic rings. The first kappa shape index (κ1) is 28.9. The third-order valence-electron chi connectivity index (χ3n) is 6.70. The molecule has 20 nitrogen and oxygen atoms in total. The molecule has 6 heterocycles. The summed E-state index contributed by atoms with van der Waals surface area (Å²) in [5.41, 5.74) is 6.34. The van der Waals surface area contributed by atoms with Gasteiger partial charge in [0.15, 0.2) is 11.5 Å². The summed E-state index contributed by atoms with van der Waals surface area (Å²) < 4.78 is 54.2. The molecule has 2 saturated heterocycles. The van der Waals surface area contributed by atoms with Crippen LogP contribution in [0.15, 0.2) is 30.0 Å². The summed E-state index contributed by atoms with van der Waals surface area (Å²) in [5.74, 6) is 0.228. The summed E-state index contributed by atoms with van der Waals surface area (Å²) >= 11 is 0. The first-order chi connectivity index (χ1) is 20.0. The largest absolute Gasteiger partial charge is 0.472 e. The number of phosphoric ester groups is 2. The normalized spacial score (nSPS) is 26.3. The van der Waals surface area contributed by atoms with E-state index >= 15 is 0 Å². The van der Waals surface area contributed by atoms with Crippen LogP contribution in [-0.4, -0.2) is 85.3 Å². The molecule has 6 rings (SSSR count). The molecule has 22 heteroatoms. The van der Waals surface area contributed by atoms with E-state index in [1.807, 2.05) is 0 Å². The van der Waals surface area contributed by atoms with Crippen molar-refractivity contribution in [2.45, 2.75) is 49.9 Å². The van der Waals surface area contributed by atoms with Gasteiger partial charge in [-0.3, -0.25) is 22.9 Å². The number of phosphoric acid groups is 2. The fourth-order valence-electron chi connectivity index (χ4n) is 4.89. The fourth-order valence-corrected chi connectivity index (χ4v) is 6.21. The lowest BCUT2D eigenvalue weighted by Crippen LogP contribution is -2.21. The van der Waals surface area contributed by atoms with E-state index in [0.29, 0.717) is 24.0 Å². The molecule has 4 aromatic heterocycles. The minimum absolute atomic E-state index is 0.0686. The first-order valence-corrected chi connectivity index (χ1v) is 15.5. The van der Waals surface area contributed by atoms with Crippen molar-refractivity contribution in [2.24, 2.45) is 0 Å². The standard InChI is InChI=1S/C20H25N9O11P2/c21-17-15-18(24-7-23-17)28(9-26-15)14-2-1-10(38-14)5-37-42(34,35)40-13-3-11(6-36-41(31,32)33)39-16(13)12-4-22-19-20(30)25-8-27-29(12)19/h4,7-11,13-14,16H,1-3,5-6H2,(H,34,35)(H2,21,23,24)(H,25,27,30)(H2,31,32,33)/t10-,11-,13?,14+,16-/m0/s1. The Balaban J connectivity index is 1.13. The van der Waals surface area contributed by atoms with Crippen LogP contribution in [0, 0.1) is 0 Å². The summed E-state index contributed by atoms with van der Waals surface area (Å²) in [6.45, 7) is -0.831. The van der Waals surface area contributed by atoms with E-state index in [-0.39, 0.29) is 30.2 Å². The molecule has 0 aliphatic carbocycles. The number of aromatic amines is 1. The summed E-state index contributed by atoms with van der Waals surface area (Å²) in [4.78, 5) is 59.5. The van der Waals surface area contributed by atoms with Gasteiger partial charge in [0.25, 0.3) is 5.56 Å². The van der Waals surface area contributed by atoms with Crippen LogP contribution in [0.1, 0.15) is 37.3 Å². The van der Waals surface area contributed by atoms with E-state index in [2.05, 4.69) is 34.5 Å². The topological polar surface area (TPSA) is 274 Å². The highest BCUT2D eigenvalue weighted by molar-refractivity contribution is 7.47. The van der Waals surface area contributed by atoms with Gasteiger partial charge in [0.1, 0.15) is 36.6 Å². The number of nitrogens with two attached hydrogens (primary N) is 1. The fraction of sp³-hybridized carbons (Fsp3) is 0.500. The van der Waals surface area contributed by atoms with E-state index in [4.69, 9.17) is 34.0 Å². The average Bonchev–Trinajstić information content (AvgIpc) is 3.71. The molecule has 0 spiro atoms. The molecule has 0 radical (unpaired) electrons. The summed E-state index contributed by atoms with van der Waals surface area (Å²) in [6.07, 6.45) is 1.87. The molecule has 6 N–H and O–H groups in total. The lowest BCUT2D eigenvalue weighted by molar-refractivity contribution is -0.0320. The number of nitrogen functional groups attached to an aromatic ring is 1.